The highest BCUT2D eigenvalue weighted by atomic mass is 79.9. The summed E-state index contributed by atoms with van der Waals surface area (Å²) in [5.41, 5.74) is 2.15. The minimum Gasteiger partial charge on any atom is -0.376 e. The molecule has 3 nitrogen and oxygen atoms in total. The molecule has 0 heterocycles. The highest BCUT2D eigenvalue weighted by molar-refractivity contribution is 9.10. The molecule has 1 fully saturated rings. The Hall–Kier alpha value is -1.03. The predicted octanol–water partition coefficient (Wildman–Crippen LogP) is 3.62. The van der Waals surface area contributed by atoms with Crippen LogP contribution >= 0.6 is 15.9 Å². The van der Waals surface area contributed by atoms with Gasteiger partial charge in [0.05, 0.1) is 6.54 Å². The number of aryl methyl sites for hydroxylation is 1. The smallest absolute Gasteiger partial charge is 0.239 e. The van der Waals surface area contributed by atoms with E-state index in [2.05, 4.69) is 26.6 Å². The van der Waals surface area contributed by atoms with Crippen LogP contribution in [0.25, 0.3) is 0 Å². The number of halogens is 1. The van der Waals surface area contributed by atoms with E-state index in [0.717, 1.165) is 28.6 Å². The van der Waals surface area contributed by atoms with Crippen LogP contribution in [0.15, 0.2) is 22.7 Å². The fraction of sp³-hybridized carbons (Fsp3) is 0.533. The molecule has 0 aromatic heterocycles. The fourth-order valence-electron chi connectivity index (χ4n) is 2.46. The van der Waals surface area contributed by atoms with Crippen molar-refractivity contribution >= 4 is 27.5 Å². The summed E-state index contributed by atoms with van der Waals surface area (Å²) in [5.74, 6) is 0.0903. The zero-order valence-electron chi connectivity index (χ0n) is 11.3. The van der Waals surface area contributed by atoms with Gasteiger partial charge in [-0.15, -0.1) is 0 Å². The summed E-state index contributed by atoms with van der Waals surface area (Å²) in [7, 11) is 0. The normalized spacial score (nSPS) is 16.1. The lowest BCUT2D eigenvalue weighted by molar-refractivity contribution is -0.120. The van der Waals surface area contributed by atoms with Crippen molar-refractivity contribution in [3.8, 4) is 0 Å². The van der Waals surface area contributed by atoms with Crippen LogP contribution in [-0.2, 0) is 4.79 Å². The lowest BCUT2D eigenvalue weighted by atomic mass is 9.95. The Labute approximate surface area is 123 Å². The third-order valence-corrected chi connectivity index (χ3v) is 4.47. The molecular formula is C15H21BrN2O. The molecule has 0 spiro atoms. The zero-order valence-corrected chi connectivity index (χ0v) is 12.9. The van der Waals surface area contributed by atoms with Gasteiger partial charge in [0, 0.05) is 16.2 Å². The van der Waals surface area contributed by atoms with Gasteiger partial charge in [-0.05, 0) is 43.5 Å². The summed E-state index contributed by atoms with van der Waals surface area (Å²) in [6.07, 6.45) is 6.05. The Morgan fingerprint density at radius 1 is 1.32 bits per heavy atom. The van der Waals surface area contributed by atoms with Gasteiger partial charge in [-0.1, -0.05) is 35.2 Å². The summed E-state index contributed by atoms with van der Waals surface area (Å²) >= 11 is 3.47. The van der Waals surface area contributed by atoms with Crippen LogP contribution in [0.4, 0.5) is 5.69 Å². The van der Waals surface area contributed by atoms with E-state index in [9.17, 15) is 4.79 Å². The van der Waals surface area contributed by atoms with E-state index >= 15 is 0 Å². The maximum atomic E-state index is 11.9. The van der Waals surface area contributed by atoms with Crippen LogP contribution in [0.5, 0.6) is 0 Å². The van der Waals surface area contributed by atoms with E-state index in [1.54, 1.807) is 0 Å². The minimum absolute atomic E-state index is 0.0903. The third kappa shape index (κ3) is 4.53. The molecule has 1 aliphatic rings. The Kier molecular flexibility index (Phi) is 5.25. The number of hydrogen-bond acceptors (Lipinski definition) is 2. The number of rotatable bonds is 4. The van der Waals surface area contributed by atoms with Crippen molar-refractivity contribution in [3.63, 3.8) is 0 Å². The third-order valence-electron chi connectivity index (χ3n) is 3.58. The van der Waals surface area contributed by atoms with Crippen molar-refractivity contribution in [1.82, 2.24) is 5.32 Å². The minimum atomic E-state index is 0.0903. The first-order valence-electron chi connectivity index (χ1n) is 6.94. The van der Waals surface area contributed by atoms with Crippen molar-refractivity contribution in [2.75, 3.05) is 11.9 Å². The van der Waals surface area contributed by atoms with Gasteiger partial charge >= 0.3 is 0 Å². The molecule has 4 heteroatoms. The van der Waals surface area contributed by atoms with E-state index < -0.39 is 0 Å². The quantitative estimate of drug-likeness (QED) is 0.888. The van der Waals surface area contributed by atoms with Crippen LogP contribution < -0.4 is 10.6 Å². The molecule has 1 aliphatic carbocycles. The van der Waals surface area contributed by atoms with Crippen molar-refractivity contribution in [1.29, 1.82) is 0 Å². The van der Waals surface area contributed by atoms with Crippen molar-refractivity contribution in [2.45, 2.75) is 45.1 Å². The van der Waals surface area contributed by atoms with Crippen molar-refractivity contribution in [2.24, 2.45) is 0 Å². The molecule has 0 saturated heterocycles. The SMILES string of the molecule is Cc1cc(NCC(=O)NC2CCCCC2)ccc1Br. The molecule has 19 heavy (non-hydrogen) atoms. The number of benzene rings is 1. The number of nitrogens with one attached hydrogen (secondary N) is 2. The molecule has 1 saturated carbocycles. The number of hydrogen-bond donors (Lipinski definition) is 2. The average molecular weight is 325 g/mol. The molecule has 0 atom stereocenters. The van der Waals surface area contributed by atoms with Gasteiger partial charge in [-0.25, -0.2) is 0 Å². The first-order valence-corrected chi connectivity index (χ1v) is 7.74. The number of carbonyl (C=O) groups excluding carboxylic acids is 1. The Bertz CT molecular complexity index is 442. The van der Waals surface area contributed by atoms with Crippen LogP contribution in [0.3, 0.4) is 0 Å². The molecule has 2 N–H and O–H groups in total. The standard InChI is InChI=1S/C15H21BrN2O/c1-11-9-13(7-8-14(11)16)17-10-15(19)18-12-5-3-2-4-6-12/h7-9,12,17H,2-6,10H2,1H3,(H,18,19). The average Bonchev–Trinajstić information content (AvgIpc) is 2.41. The zero-order chi connectivity index (χ0) is 13.7. The summed E-state index contributed by atoms with van der Waals surface area (Å²) in [6, 6.07) is 6.40. The Morgan fingerprint density at radius 3 is 2.74 bits per heavy atom. The van der Waals surface area contributed by atoms with Gasteiger partial charge in [0.1, 0.15) is 0 Å². The van der Waals surface area contributed by atoms with E-state index in [1.807, 2.05) is 25.1 Å². The molecule has 1 amide bonds. The van der Waals surface area contributed by atoms with Crippen molar-refractivity contribution < 1.29 is 4.79 Å². The molecule has 0 radical (unpaired) electrons. The van der Waals surface area contributed by atoms with Crippen LogP contribution in [0.2, 0.25) is 0 Å². The maximum absolute atomic E-state index is 11.9. The summed E-state index contributed by atoms with van der Waals surface area (Å²) in [4.78, 5) is 11.9. The first-order chi connectivity index (χ1) is 9.15. The largest absolute Gasteiger partial charge is 0.376 e. The Balaban J connectivity index is 1.77. The summed E-state index contributed by atoms with van der Waals surface area (Å²) in [6.45, 7) is 2.38. The highest BCUT2D eigenvalue weighted by Crippen LogP contribution is 2.20. The lowest BCUT2D eigenvalue weighted by Gasteiger charge is -2.22. The summed E-state index contributed by atoms with van der Waals surface area (Å²) < 4.78 is 1.09. The van der Waals surface area contributed by atoms with E-state index in [0.29, 0.717) is 12.6 Å². The topological polar surface area (TPSA) is 41.1 Å². The van der Waals surface area contributed by atoms with Gasteiger partial charge in [0.25, 0.3) is 0 Å². The second kappa shape index (κ2) is 6.94. The predicted molar refractivity (Wildman–Crippen MR) is 82.4 cm³/mol. The molecule has 1 aromatic carbocycles. The van der Waals surface area contributed by atoms with Crippen LogP contribution in [0.1, 0.15) is 37.7 Å². The van der Waals surface area contributed by atoms with Gasteiger partial charge < -0.3 is 10.6 Å². The van der Waals surface area contributed by atoms with E-state index in [-0.39, 0.29) is 5.91 Å². The molecular weight excluding hydrogens is 304 g/mol. The van der Waals surface area contributed by atoms with E-state index in [4.69, 9.17) is 0 Å². The monoisotopic (exact) mass is 324 g/mol. The van der Waals surface area contributed by atoms with Gasteiger partial charge in [0.15, 0.2) is 0 Å². The fourth-order valence-corrected chi connectivity index (χ4v) is 2.71. The van der Waals surface area contributed by atoms with Gasteiger partial charge in [0.2, 0.25) is 5.91 Å². The molecule has 104 valence electrons. The second-order valence-corrected chi connectivity index (χ2v) is 6.07. The van der Waals surface area contributed by atoms with Gasteiger partial charge in [-0.3, -0.25) is 4.79 Å². The number of carbonyl (C=O) groups is 1. The lowest BCUT2D eigenvalue weighted by Crippen LogP contribution is -2.39. The Morgan fingerprint density at radius 2 is 2.05 bits per heavy atom. The number of amides is 1. The molecule has 2 rings (SSSR count). The maximum Gasteiger partial charge on any atom is 0.239 e. The highest BCUT2D eigenvalue weighted by Gasteiger charge is 2.15. The van der Waals surface area contributed by atoms with Crippen LogP contribution in [0, 0.1) is 6.92 Å². The number of anilines is 1. The molecule has 0 aliphatic heterocycles. The van der Waals surface area contributed by atoms with E-state index in [1.165, 1.54) is 19.3 Å². The first kappa shape index (κ1) is 14.4. The molecule has 1 aromatic rings. The van der Waals surface area contributed by atoms with Gasteiger partial charge in [-0.2, -0.15) is 0 Å². The molecule has 0 unspecified atom stereocenters. The van der Waals surface area contributed by atoms with Crippen LogP contribution in [-0.4, -0.2) is 18.5 Å². The molecule has 0 bridgehead atoms. The summed E-state index contributed by atoms with van der Waals surface area (Å²) in [5, 5.41) is 6.27. The second-order valence-electron chi connectivity index (χ2n) is 5.22. The van der Waals surface area contributed by atoms with Crippen molar-refractivity contribution in [3.05, 3.63) is 28.2 Å².